The highest BCUT2D eigenvalue weighted by Crippen LogP contribution is 2.09. The van der Waals surface area contributed by atoms with Gasteiger partial charge in [-0.25, -0.2) is 4.98 Å². The van der Waals surface area contributed by atoms with Gasteiger partial charge in [0.05, 0.1) is 24.3 Å². The second-order valence-corrected chi connectivity index (χ2v) is 3.58. The topological polar surface area (TPSA) is 38.0 Å². The number of aliphatic hydroxyl groups excluding tert-OH is 1. The molecule has 1 aromatic rings. The van der Waals surface area contributed by atoms with Crippen LogP contribution in [0, 0.1) is 0 Å². The first-order valence-electron chi connectivity index (χ1n) is 5.01. The normalized spacial score (nSPS) is 14.4. The van der Waals surface area contributed by atoms with Crippen molar-refractivity contribution in [3.05, 3.63) is 23.8 Å². The predicted octanol–water partition coefficient (Wildman–Crippen LogP) is 2.08. The van der Waals surface area contributed by atoms with Crippen molar-refractivity contribution < 1.29 is 5.11 Å². The Hall–Kier alpha value is -1.09. The molecule has 0 amide bonds. The van der Waals surface area contributed by atoms with Gasteiger partial charge in [-0.1, -0.05) is 6.92 Å². The van der Waals surface area contributed by atoms with Gasteiger partial charge in [-0.3, -0.25) is 0 Å². The van der Waals surface area contributed by atoms with E-state index in [4.69, 9.17) is 0 Å². The molecule has 1 rings (SSSR count). The third-order valence-electron chi connectivity index (χ3n) is 2.24. The van der Waals surface area contributed by atoms with Crippen LogP contribution in [0.3, 0.4) is 0 Å². The van der Waals surface area contributed by atoms with Crippen LogP contribution in [-0.2, 0) is 6.54 Å². The van der Waals surface area contributed by atoms with Crippen molar-refractivity contribution in [2.24, 2.45) is 0 Å². The molecule has 1 unspecified atom stereocenters. The van der Waals surface area contributed by atoms with Gasteiger partial charge in [0.25, 0.3) is 0 Å². The summed E-state index contributed by atoms with van der Waals surface area (Å²) in [4.78, 5) is 4.09. The van der Waals surface area contributed by atoms with Gasteiger partial charge in [0.2, 0.25) is 0 Å². The zero-order valence-electron chi connectivity index (χ0n) is 9.07. The fraction of sp³-hybridized carbons (Fsp3) is 0.545. The van der Waals surface area contributed by atoms with E-state index in [9.17, 15) is 5.11 Å². The van der Waals surface area contributed by atoms with Crippen LogP contribution in [0.1, 0.15) is 32.9 Å². The summed E-state index contributed by atoms with van der Waals surface area (Å²) < 4.78 is 2.09. The van der Waals surface area contributed by atoms with Gasteiger partial charge in [-0.05, 0) is 31.9 Å². The summed E-state index contributed by atoms with van der Waals surface area (Å²) in [6.07, 6.45) is 6.32. The molecular weight excluding hydrogens is 176 g/mol. The summed E-state index contributed by atoms with van der Waals surface area (Å²) in [5.74, 6) is 0. The molecule has 0 aromatic carbocycles. The molecule has 3 nitrogen and oxygen atoms in total. The minimum absolute atomic E-state index is 0.389. The molecule has 0 aliphatic rings. The lowest BCUT2D eigenvalue weighted by Crippen LogP contribution is -2.02. The van der Waals surface area contributed by atoms with Gasteiger partial charge in [-0.2, -0.15) is 0 Å². The molecule has 1 aromatic heterocycles. The van der Waals surface area contributed by atoms with E-state index >= 15 is 0 Å². The lowest BCUT2D eigenvalue weighted by molar-refractivity contribution is 0.232. The highest BCUT2D eigenvalue weighted by atomic mass is 16.3. The first kappa shape index (κ1) is 11.0. The number of hydrogen-bond donors (Lipinski definition) is 1. The maximum absolute atomic E-state index is 9.34. The van der Waals surface area contributed by atoms with E-state index in [1.807, 2.05) is 25.5 Å². The fourth-order valence-electron chi connectivity index (χ4n) is 1.23. The van der Waals surface area contributed by atoms with Gasteiger partial charge < -0.3 is 9.67 Å². The number of aryl methyl sites for hydroxylation is 1. The third kappa shape index (κ3) is 2.70. The first-order chi connectivity index (χ1) is 6.65. The highest BCUT2D eigenvalue weighted by molar-refractivity contribution is 5.48. The monoisotopic (exact) mass is 194 g/mol. The molecule has 1 N–H and O–H groups in total. The minimum atomic E-state index is -0.389. The van der Waals surface area contributed by atoms with Crippen molar-refractivity contribution >= 4 is 6.08 Å². The van der Waals surface area contributed by atoms with Crippen molar-refractivity contribution in [2.75, 3.05) is 0 Å². The van der Waals surface area contributed by atoms with E-state index < -0.39 is 0 Å². The molecule has 1 heterocycles. The third-order valence-corrected chi connectivity index (χ3v) is 2.24. The number of rotatable bonds is 4. The van der Waals surface area contributed by atoms with Gasteiger partial charge in [-0.15, -0.1) is 0 Å². The lowest BCUT2D eigenvalue weighted by atomic mass is 10.1. The van der Waals surface area contributed by atoms with Crippen molar-refractivity contribution in [2.45, 2.75) is 39.8 Å². The maximum atomic E-state index is 9.34. The molecule has 0 aliphatic carbocycles. The molecule has 78 valence electrons. The second-order valence-electron chi connectivity index (χ2n) is 3.58. The van der Waals surface area contributed by atoms with E-state index in [0.717, 1.165) is 24.2 Å². The Labute approximate surface area is 85.1 Å². The lowest BCUT2D eigenvalue weighted by Gasteiger charge is -2.06. The largest absolute Gasteiger partial charge is 0.389 e. The molecule has 0 saturated heterocycles. The molecule has 0 radical (unpaired) electrons. The summed E-state index contributed by atoms with van der Waals surface area (Å²) in [6, 6.07) is 0. The SMILES string of the molecule is CCCn1cncc1/C=C(/C)C(C)O. The summed E-state index contributed by atoms with van der Waals surface area (Å²) in [5.41, 5.74) is 2.02. The Bertz CT molecular complexity index is 313. The quantitative estimate of drug-likeness (QED) is 0.797. The standard InChI is InChI=1S/C11H18N2O/c1-4-5-13-8-12-7-11(13)6-9(2)10(3)14/h6-8,10,14H,4-5H2,1-3H3/b9-6-. The molecule has 3 heteroatoms. The first-order valence-corrected chi connectivity index (χ1v) is 5.01. The second kappa shape index (κ2) is 4.96. The average molecular weight is 194 g/mol. The molecule has 0 saturated carbocycles. The molecular formula is C11H18N2O. The summed E-state index contributed by atoms with van der Waals surface area (Å²) in [5, 5.41) is 9.34. The van der Waals surface area contributed by atoms with Crippen molar-refractivity contribution in [3.8, 4) is 0 Å². The molecule has 0 bridgehead atoms. The number of nitrogens with zero attached hydrogens (tertiary/aromatic N) is 2. The highest BCUT2D eigenvalue weighted by Gasteiger charge is 2.01. The number of imidazole rings is 1. The van der Waals surface area contributed by atoms with E-state index in [0.29, 0.717) is 0 Å². The molecule has 0 fully saturated rings. The van der Waals surface area contributed by atoms with Crippen LogP contribution in [0.15, 0.2) is 18.1 Å². The predicted molar refractivity (Wildman–Crippen MR) is 57.8 cm³/mol. The summed E-state index contributed by atoms with van der Waals surface area (Å²) in [7, 11) is 0. The number of hydrogen-bond acceptors (Lipinski definition) is 2. The number of aromatic nitrogens is 2. The molecule has 0 aliphatic heterocycles. The van der Waals surface area contributed by atoms with Crippen LogP contribution in [-0.4, -0.2) is 20.8 Å². The van der Waals surface area contributed by atoms with Gasteiger partial charge >= 0.3 is 0 Å². The zero-order valence-corrected chi connectivity index (χ0v) is 9.07. The van der Waals surface area contributed by atoms with E-state index in [1.54, 1.807) is 6.92 Å². The van der Waals surface area contributed by atoms with Crippen LogP contribution in [0.2, 0.25) is 0 Å². The van der Waals surface area contributed by atoms with Crippen molar-refractivity contribution in [1.82, 2.24) is 9.55 Å². The average Bonchev–Trinajstić information content (AvgIpc) is 2.53. The van der Waals surface area contributed by atoms with E-state index in [-0.39, 0.29) is 6.10 Å². The van der Waals surface area contributed by atoms with Gasteiger partial charge in [0.15, 0.2) is 0 Å². The van der Waals surface area contributed by atoms with Gasteiger partial charge in [0.1, 0.15) is 0 Å². The van der Waals surface area contributed by atoms with Crippen molar-refractivity contribution in [1.29, 1.82) is 0 Å². The van der Waals surface area contributed by atoms with Gasteiger partial charge in [0, 0.05) is 6.54 Å². The van der Waals surface area contributed by atoms with Crippen molar-refractivity contribution in [3.63, 3.8) is 0 Å². The minimum Gasteiger partial charge on any atom is -0.389 e. The fourth-order valence-corrected chi connectivity index (χ4v) is 1.23. The van der Waals surface area contributed by atoms with Crippen LogP contribution >= 0.6 is 0 Å². The Balaban J connectivity index is 2.85. The Kier molecular flexibility index (Phi) is 3.89. The molecule has 0 spiro atoms. The van der Waals surface area contributed by atoms with E-state index in [2.05, 4.69) is 16.5 Å². The summed E-state index contributed by atoms with van der Waals surface area (Å²) >= 11 is 0. The van der Waals surface area contributed by atoms with Crippen LogP contribution in [0.25, 0.3) is 6.08 Å². The number of aliphatic hydroxyl groups is 1. The molecule has 14 heavy (non-hydrogen) atoms. The Morgan fingerprint density at radius 2 is 2.43 bits per heavy atom. The molecule has 1 atom stereocenters. The van der Waals surface area contributed by atoms with E-state index in [1.165, 1.54) is 0 Å². The zero-order chi connectivity index (χ0) is 10.6. The Morgan fingerprint density at radius 3 is 3.00 bits per heavy atom. The maximum Gasteiger partial charge on any atom is 0.0950 e. The van der Waals surface area contributed by atoms with Crippen LogP contribution < -0.4 is 0 Å². The van der Waals surface area contributed by atoms with Crippen LogP contribution in [0.5, 0.6) is 0 Å². The Morgan fingerprint density at radius 1 is 1.71 bits per heavy atom. The summed E-state index contributed by atoms with van der Waals surface area (Å²) in [6.45, 7) is 6.80. The van der Waals surface area contributed by atoms with Crippen LogP contribution in [0.4, 0.5) is 0 Å². The smallest absolute Gasteiger partial charge is 0.0950 e.